The summed E-state index contributed by atoms with van der Waals surface area (Å²) in [6, 6.07) is 5.72. The number of rotatable bonds is 6. The standard InChI is InChI=1S/C20H26ClN3O2S2/c21-15-4-5-17-16(12-15)23-19(28-17)27-13-18(25)22-14-20(6-2-1-3-7-20)24-8-10-26-11-9-24/h4-5,12H,1-3,6-11,13-14H2,(H,22,25). The second-order valence-corrected chi connectivity index (χ2v) is 10.2. The Bertz CT molecular complexity index is 817. The van der Waals surface area contributed by atoms with Gasteiger partial charge in [-0.2, -0.15) is 0 Å². The molecule has 2 aliphatic rings. The summed E-state index contributed by atoms with van der Waals surface area (Å²) in [4.78, 5) is 19.7. The Hall–Kier alpha value is -0.860. The van der Waals surface area contributed by atoms with Gasteiger partial charge in [-0.1, -0.05) is 42.6 Å². The van der Waals surface area contributed by atoms with Crippen LogP contribution in [-0.4, -0.2) is 59.9 Å². The first-order chi connectivity index (χ1) is 13.6. The predicted octanol–water partition coefficient (Wildman–Crippen LogP) is 4.19. The second kappa shape index (κ2) is 9.30. The summed E-state index contributed by atoms with van der Waals surface area (Å²) < 4.78 is 7.54. The zero-order valence-electron chi connectivity index (χ0n) is 15.9. The molecule has 0 bridgehead atoms. The van der Waals surface area contributed by atoms with E-state index < -0.39 is 0 Å². The number of carbonyl (C=O) groups excluding carboxylic acids is 1. The number of thiazole rings is 1. The van der Waals surface area contributed by atoms with Crippen molar-refractivity contribution < 1.29 is 9.53 Å². The number of nitrogens with zero attached hydrogens (tertiary/aromatic N) is 2. The van der Waals surface area contributed by atoms with Crippen LogP contribution in [0.15, 0.2) is 22.5 Å². The number of hydrogen-bond acceptors (Lipinski definition) is 6. The number of hydrogen-bond donors (Lipinski definition) is 1. The molecule has 0 radical (unpaired) electrons. The summed E-state index contributed by atoms with van der Waals surface area (Å²) in [5.41, 5.74) is 1.00. The molecule has 0 spiro atoms. The van der Waals surface area contributed by atoms with Gasteiger partial charge < -0.3 is 10.1 Å². The largest absolute Gasteiger partial charge is 0.379 e. The van der Waals surface area contributed by atoms with Crippen molar-refractivity contribution in [3.05, 3.63) is 23.2 Å². The van der Waals surface area contributed by atoms with Crippen molar-refractivity contribution in [1.82, 2.24) is 15.2 Å². The van der Waals surface area contributed by atoms with E-state index >= 15 is 0 Å². The molecule has 1 amide bonds. The number of carbonyl (C=O) groups is 1. The van der Waals surface area contributed by atoms with Gasteiger partial charge in [0.1, 0.15) is 0 Å². The molecule has 0 atom stereocenters. The Morgan fingerprint density at radius 1 is 1.29 bits per heavy atom. The van der Waals surface area contributed by atoms with Crippen LogP contribution in [0.2, 0.25) is 5.02 Å². The summed E-state index contributed by atoms with van der Waals surface area (Å²) in [6.45, 7) is 4.28. The number of ether oxygens (including phenoxy) is 1. The highest BCUT2D eigenvalue weighted by Crippen LogP contribution is 2.34. The monoisotopic (exact) mass is 439 g/mol. The second-order valence-electron chi connectivity index (χ2n) is 7.54. The summed E-state index contributed by atoms with van der Waals surface area (Å²) >= 11 is 9.14. The number of benzene rings is 1. The van der Waals surface area contributed by atoms with Crippen LogP contribution < -0.4 is 5.32 Å². The summed E-state index contributed by atoms with van der Waals surface area (Å²) in [7, 11) is 0. The Kier molecular flexibility index (Phi) is 6.78. The lowest BCUT2D eigenvalue weighted by Gasteiger charge is -2.48. The minimum Gasteiger partial charge on any atom is -0.379 e. The van der Waals surface area contributed by atoms with Gasteiger partial charge in [0, 0.05) is 30.2 Å². The van der Waals surface area contributed by atoms with Gasteiger partial charge in [0.15, 0.2) is 4.34 Å². The quantitative estimate of drug-likeness (QED) is 0.684. The lowest BCUT2D eigenvalue weighted by Crippen LogP contribution is -2.59. The highest BCUT2D eigenvalue weighted by atomic mass is 35.5. The number of morpholine rings is 1. The molecule has 1 aliphatic carbocycles. The van der Waals surface area contributed by atoms with Crippen LogP contribution in [0.25, 0.3) is 10.2 Å². The normalized spacial score (nSPS) is 20.3. The van der Waals surface area contributed by atoms with E-state index in [-0.39, 0.29) is 11.4 Å². The number of fused-ring (bicyclic) bond motifs is 1. The highest BCUT2D eigenvalue weighted by Gasteiger charge is 2.38. The van der Waals surface area contributed by atoms with Crippen LogP contribution in [0, 0.1) is 0 Å². The first-order valence-electron chi connectivity index (χ1n) is 9.93. The lowest BCUT2D eigenvalue weighted by atomic mass is 9.79. The van der Waals surface area contributed by atoms with E-state index in [1.165, 1.54) is 43.9 Å². The maximum Gasteiger partial charge on any atom is 0.230 e. The number of halogens is 1. The molecule has 2 aromatic rings. The Labute approximate surface area is 179 Å². The molecule has 2 fully saturated rings. The minimum absolute atomic E-state index is 0.0838. The first-order valence-corrected chi connectivity index (χ1v) is 12.1. The van der Waals surface area contributed by atoms with Crippen molar-refractivity contribution in [2.45, 2.75) is 42.0 Å². The van der Waals surface area contributed by atoms with E-state index in [4.69, 9.17) is 16.3 Å². The molecule has 0 unspecified atom stereocenters. The molecule has 152 valence electrons. The molecular formula is C20H26ClN3O2S2. The van der Waals surface area contributed by atoms with Gasteiger partial charge in [0.05, 0.1) is 29.2 Å². The van der Waals surface area contributed by atoms with Crippen molar-refractivity contribution in [3.63, 3.8) is 0 Å². The number of aromatic nitrogens is 1. The Morgan fingerprint density at radius 2 is 2.07 bits per heavy atom. The van der Waals surface area contributed by atoms with Crippen molar-refractivity contribution in [3.8, 4) is 0 Å². The van der Waals surface area contributed by atoms with Gasteiger partial charge in [-0.15, -0.1) is 11.3 Å². The topological polar surface area (TPSA) is 54.5 Å². The Balaban J connectivity index is 1.32. The fourth-order valence-corrected chi connectivity index (χ4v) is 6.28. The fourth-order valence-electron chi connectivity index (χ4n) is 4.23. The molecule has 4 rings (SSSR count). The van der Waals surface area contributed by atoms with Gasteiger partial charge in [-0.05, 0) is 31.0 Å². The Morgan fingerprint density at radius 3 is 2.86 bits per heavy atom. The number of amides is 1. The summed E-state index contributed by atoms with van der Waals surface area (Å²) in [5.74, 6) is 0.479. The van der Waals surface area contributed by atoms with E-state index in [9.17, 15) is 4.79 Å². The molecular weight excluding hydrogens is 414 g/mol. The van der Waals surface area contributed by atoms with Crippen LogP contribution in [0.4, 0.5) is 0 Å². The molecule has 1 saturated heterocycles. The maximum atomic E-state index is 12.5. The minimum atomic E-state index is 0.0838. The number of thioether (sulfide) groups is 1. The zero-order valence-corrected chi connectivity index (χ0v) is 18.3. The molecule has 28 heavy (non-hydrogen) atoms. The van der Waals surface area contributed by atoms with E-state index in [1.54, 1.807) is 11.3 Å². The third-order valence-electron chi connectivity index (χ3n) is 5.74. The molecule has 1 N–H and O–H groups in total. The van der Waals surface area contributed by atoms with Crippen molar-refractivity contribution in [1.29, 1.82) is 0 Å². The van der Waals surface area contributed by atoms with Crippen LogP contribution in [0.3, 0.4) is 0 Å². The molecule has 1 aliphatic heterocycles. The van der Waals surface area contributed by atoms with E-state index in [2.05, 4.69) is 15.2 Å². The van der Waals surface area contributed by atoms with Gasteiger partial charge in [-0.3, -0.25) is 9.69 Å². The highest BCUT2D eigenvalue weighted by molar-refractivity contribution is 8.01. The van der Waals surface area contributed by atoms with E-state index in [1.807, 2.05) is 18.2 Å². The average Bonchev–Trinajstić information content (AvgIpc) is 3.14. The maximum absolute atomic E-state index is 12.5. The van der Waals surface area contributed by atoms with Crippen LogP contribution >= 0.6 is 34.7 Å². The summed E-state index contributed by atoms with van der Waals surface area (Å²) in [6.07, 6.45) is 6.13. The molecule has 8 heteroatoms. The fraction of sp³-hybridized carbons (Fsp3) is 0.600. The van der Waals surface area contributed by atoms with E-state index in [0.717, 1.165) is 47.4 Å². The third-order valence-corrected chi connectivity index (χ3v) is 8.15. The molecule has 1 aromatic heterocycles. The van der Waals surface area contributed by atoms with Gasteiger partial charge >= 0.3 is 0 Å². The van der Waals surface area contributed by atoms with E-state index in [0.29, 0.717) is 10.8 Å². The van der Waals surface area contributed by atoms with Crippen molar-refractivity contribution >= 4 is 50.8 Å². The number of nitrogens with one attached hydrogen (secondary N) is 1. The van der Waals surface area contributed by atoms with Gasteiger partial charge in [0.2, 0.25) is 5.91 Å². The molecule has 1 saturated carbocycles. The van der Waals surface area contributed by atoms with Gasteiger partial charge in [-0.25, -0.2) is 4.98 Å². The third kappa shape index (κ3) is 4.82. The SMILES string of the molecule is O=C(CSc1nc2cc(Cl)ccc2s1)NCC1(N2CCOCC2)CCCCC1. The van der Waals surface area contributed by atoms with Crippen LogP contribution in [0.1, 0.15) is 32.1 Å². The summed E-state index contributed by atoms with van der Waals surface area (Å²) in [5, 5.41) is 3.91. The molecule has 1 aromatic carbocycles. The lowest BCUT2D eigenvalue weighted by molar-refractivity contribution is -0.119. The first kappa shape index (κ1) is 20.4. The van der Waals surface area contributed by atoms with Crippen LogP contribution in [0.5, 0.6) is 0 Å². The molecule has 2 heterocycles. The predicted molar refractivity (Wildman–Crippen MR) is 117 cm³/mol. The van der Waals surface area contributed by atoms with Crippen molar-refractivity contribution in [2.24, 2.45) is 0 Å². The zero-order chi connectivity index (χ0) is 19.4. The van der Waals surface area contributed by atoms with Crippen LogP contribution in [-0.2, 0) is 9.53 Å². The smallest absolute Gasteiger partial charge is 0.230 e. The average molecular weight is 440 g/mol. The van der Waals surface area contributed by atoms with Crippen molar-refractivity contribution in [2.75, 3.05) is 38.6 Å². The molecule has 5 nitrogen and oxygen atoms in total. The van der Waals surface area contributed by atoms with Gasteiger partial charge in [0.25, 0.3) is 0 Å².